The predicted molar refractivity (Wildman–Crippen MR) is 138 cm³/mol. The van der Waals surface area contributed by atoms with Crippen molar-refractivity contribution in [1.29, 1.82) is 0 Å². The number of nitrogens with zero attached hydrogens (tertiary/aromatic N) is 3. The minimum Gasteiger partial charge on any atom is -0.619 e. The summed E-state index contributed by atoms with van der Waals surface area (Å²) in [7, 11) is 0. The van der Waals surface area contributed by atoms with Crippen molar-refractivity contribution in [2.24, 2.45) is 0 Å². The van der Waals surface area contributed by atoms with Gasteiger partial charge in [-0.1, -0.05) is 23.7 Å². The van der Waals surface area contributed by atoms with Crippen molar-refractivity contribution in [3.63, 3.8) is 0 Å². The van der Waals surface area contributed by atoms with Gasteiger partial charge in [0.15, 0.2) is 12.4 Å². The molecule has 0 radical (unpaired) electrons. The van der Waals surface area contributed by atoms with Gasteiger partial charge in [0.25, 0.3) is 5.56 Å². The van der Waals surface area contributed by atoms with Gasteiger partial charge in [-0.3, -0.25) is 4.79 Å². The molecule has 36 heavy (non-hydrogen) atoms. The van der Waals surface area contributed by atoms with E-state index in [1.54, 1.807) is 22.9 Å². The van der Waals surface area contributed by atoms with Gasteiger partial charge in [-0.05, 0) is 70.2 Å². The van der Waals surface area contributed by atoms with Crippen molar-refractivity contribution >= 4 is 17.7 Å². The molecule has 0 spiro atoms. The average Bonchev–Trinajstić information content (AvgIpc) is 2.83. The summed E-state index contributed by atoms with van der Waals surface area (Å²) in [5.41, 5.74) is 1.35. The molecule has 1 aliphatic rings. The van der Waals surface area contributed by atoms with E-state index in [9.17, 15) is 14.8 Å². The average molecular weight is 511 g/mol. The maximum Gasteiger partial charge on any atom is 0.407 e. The Bertz CT molecular complexity index is 1280. The number of amides is 1. The Morgan fingerprint density at radius 3 is 2.53 bits per heavy atom. The predicted octanol–water partition coefficient (Wildman–Crippen LogP) is 4.77. The zero-order valence-electron chi connectivity index (χ0n) is 20.7. The SMILES string of the molecule is CC(C)(C)OC(=O)NC[C@]1(c2cccc(Cl)c2)CC[C@@H](n2nc(-c3cc[n+]([O-])cc3)ccc2=O)CC1. The van der Waals surface area contributed by atoms with Crippen LogP contribution in [-0.4, -0.2) is 28.0 Å². The van der Waals surface area contributed by atoms with Gasteiger partial charge >= 0.3 is 6.09 Å². The molecule has 1 fully saturated rings. The lowest BCUT2D eigenvalue weighted by atomic mass is 9.68. The van der Waals surface area contributed by atoms with Crippen molar-refractivity contribution < 1.29 is 14.3 Å². The lowest BCUT2D eigenvalue weighted by molar-refractivity contribution is -0.605. The minimum absolute atomic E-state index is 0.0838. The van der Waals surface area contributed by atoms with Gasteiger partial charge in [0.1, 0.15) is 5.60 Å². The van der Waals surface area contributed by atoms with Crippen molar-refractivity contribution in [3.8, 4) is 11.3 Å². The fourth-order valence-electron chi connectivity index (χ4n) is 4.77. The summed E-state index contributed by atoms with van der Waals surface area (Å²) in [5.74, 6) is 0. The Balaban J connectivity index is 1.56. The van der Waals surface area contributed by atoms with E-state index in [0.29, 0.717) is 34.8 Å². The second-order valence-corrected chi connectivity index (χ2v) is 10.8. The van der Waals surface area contributed by atoms with Crippen LogP contribution in [0.1, 0.15) is 58.1 Å². The molecule has 0 bridgehead atoms. The first-order chi connectivity index (χ1) is 17.0. The number of pyridine rings is 1. The zero-order valence-corrected chi connectivity index (χ0v) is 21.5. The fraction of sp³-hybridized carbons (Fsp3) is 0.407. The van der Waals surface area contributed by atoms with Crippen LogP contribution in [0.25, 0.3) is 11.3 Å². The topological polar surface area (TPSA) is 100 Å². The number of alkyl carbamates (subject to hydrolysis) is 1. The van der Waals surface area contributed by atoms with Crippen LogP contribution >= 0.6 is 11.6 Å². The largest absolute Gasteiger partial charge is 0.619 e. The Morgan fingerprint density at radius 2 is 1.89 bits per heavy atom. The number of carbonyl (C=O) groups is 1. The third-order valence-electron chi connectivity index (χ3n) is 6.59. The number of aromatic nitrogens is 3. The molecule has 0 aliphatic heterocycles. The van der Waals surface area contributed by atoms with Gasteiger partial charge in [0, 0.05) is 40.7 Å². The van der Waals surface area contributed by atoms with Crippen LogP contribution in [0, 0.1) is 5.21 Å². The van der Waals surface area contributed by atoms with Gasteiger partial charge in [0.2, 0.25) is 0 Å². The van der Waals surface area contributed by atoms with Crippen LogP contribution in [0.2, 0.25) is 5.02 Å². The summed E-state index contributed by atoms with van der Waals surface area (Å²) in [5, 5.41) is 19.6. The molecule has 2 heterocycles. The van der Waals surface area contributed by atoms with Crippen LogP contribution in [0.15, 0.2) is 65.7 Å². The standard InChI is InChI=1S/C27H31ClN4O4/c1-26(2,3)36-25(34)29-18-27(20-5-4-6-21(28)17-20)13-9-22(10-14-27)32-24(33)8-7-23(30-32)19-11-15-31(35)16-12-19/h4-8,11-12,15-17,22H,9-10,13-14,18H2,1-3H3,(H,29,34)/t22-,27+. The van der Waals surface area contributed by atoms with Crippen LogP contribution in [0.5, 0.6) is 0 Å². The highest BCUT2D eigenvalue weighted by Gasteiger charge is 2.39. The van der Waals surface area contributed by atoms with E-state index in [1.807, 2.05) is 45.0 Å². The Kier molecular flexibility index (Phi) is 7.36. The third kappa shape index (κ3) is 6.05. The molecule has 3 aromatic rings. The highest BCUT2D eigenvalue weighted by atomic mass is 35.5. The molecule has 1 saturated carbocycles. The van der Waals surface area contributed by atoms with E-state index in [0.717, 1.165) is 24.0 Å². The smallest absolute Gasteiger partial charge is 0.407 e. The molecule has 2 aromatic heterocycles. The Labute approximate surface area is 215 Å². The number of halogens is 1. The quantitative estimate of drug-likeness (QED) is 0.393. The number of rotatable bonds is 5. The molecule has 1 N–H and O–H groups in total. The summed E-state index contributed by atoms with van der Waals surface area (Å²) < 4.78 is 7.71. The van der Waals surface area contributed by atoms with E-state index in [4.69, 9.17) is 16.3 Å². The molecule has 9 heteroatoms. The van der Waals surface area contributed by atoms with E-state index in [-0.39, 0.29) is 17.0 Å². The maximum absolute atomic E-state index is 12.7. The fourth-order valence-corrected chi connectivity index (χ4v) is 4.96. The number of hydrogen-bond donors (Lipinski definition) is 1. The van der Waals surface area contributed by atoms with Crippen LogP contribution in [-0.2, 0) is 10.2 Å². The third-order valence-corrected chi connectivity index (χ3v) is 6.82. The lowest BCUT2D eigenvalue weighted by Gasteiger charge is -2.41. The molecular weight excluding hydrogens is 480 g/mol. The maximum atomic E-state index is 12.7. The van der Waals surface area contributed by atoms with E-state index < -0.39 is 11.7 Å². The normalized spacial score (nSPS) is 20.1. The molecule has 4 rings (SSSR count). The molecule has 190 valence electrons. The summed E-state index contributed by atoms with van der Waals surface area (Å²) in [6.07, 6.45) is 5.22. The molecule has 1 amide bonds. The molecule has 1 aromatic carbocycles. The second-order valence-electron chi connectivity index (χ2n) is 10.3. The Morgan fingerprint density at radius 1 is 1.19 bits per heavy atom. The Hall–Kier alpha value is -3.39. The van der Waals surface area contributed by atoms with Crippen molar-refractivity contribution in [1.82, 2.24) is 15.1 Å². The summed E-state index contributed by atoms with van der Waals surface area (Å²) >= 11 is 6.32. The van der Waals surface area contributed by atoms with E-state index >= 15 is 0 Å². The van der Waals surface area contributed by atoms with Crippen LogP contribution in [0.3, 0.4) is 0 Å². The van der Waals surface area contributed by atoms with E-state index in [1.165, 1.54) is 18.5 Å². The summed E-state index contributed by atoms with van der Waals surface area (Å²) in [6.45, 7) is 5.89. The molecule has 8 nitrogen and oxygen atoms in total. The van der Waals surface area contributed by atoms with Gasteiger partial charge in [-0.25, -0.2) is 9.48 Å². The molecule has 0 unspecified atom stereocenters. The van der Waals surface area contributed by atoms with Gasteiger partial charge in [-0.2, -0.15) is 9.83 Å². The zero-order chi connectivity index (χ0) is 25.9. The lowest BCUT2D eigenvalue weighted by Crippen LogP contribution is -2.45. The number of ether oxygens (including phenoxy) is 1. The number of carbonyl (C=O) groups excluding carboxylic acids is 1. The highest BCUT2D eigenvalue weighted by molar-refractivity contribution is 6.30. The molecule has 1 aliphatic carbocycles. The van der Waals surface area contributed by atoms with Crippen molar-refractivity contribution in [2.75, 3.05) is 6.54 Å². The summed E-state index contributed by atoms with van der Waals surface area (Å²) in [6, 6.07) is 14.2. The number of hydrogen-bond acceptors (Lipinski definition) is 5. The monoisotopic (exact) mass is 510 g/mol. The molecule has 0 saturated heterocycles. The first-order valence-corrected chi connectivity index (χ1v) is 12.4. The van der Waals surface area contributed by atoms with Gasteiger partial charge in [0.05, 0.1) is 11.7 Å². The van der Waals surface area contributed by atoms with Crippen molar-refractivity contribution in [3.05, 3.63) is 87.1 Å². The van der Waals surface area contributed by atoms with E-state index in [2.05, 4.69) is 10.4 Å². The van der Waals surface area contributed by atoms with Crippen LogP contribution in [0.4, 0.5) is 4.79 Å². The first kappa shape index (κ1) is 25.7. The molecular formula is C27H31ClN4O4. The molecule has 0 atom stereocenters. The highest BCUT2D eigenvalue weighted by Crippen LogP contribution is 2.43. The van der Waals surface area contributed by atoms with Gasteiger partial charge in [-0.15, -0.1) is 0 Å². The number of nitrogens with one attached hydrogen (secondary N) is 1. The van der Waals surface area contributed by atoms with Gasteiger partial charge < -0.3 is 15.3 Å². The second kappa shape index (κ2) is 10.3. The van der Waals surface area contributed by atoms with Crippen molar-refractivity contribution in [2.45, 2.75) is 63.5 Å². The number of benzene rings is 1. The minimum atomic E-state index is -0.588. The first-order valence-electron chi connectivity index (χ1n) is 12.1. The summed E-state index contributed by atoms with van der Waals surface area (Å²) in [4.78, 5) is 25.2. The van der Waals surface area contributed by atoms with Crippen LogP contribution < -0.4 is 15.6 Å².